The van der Waals surface area contributed by atoms with Crippen molar-refractivity contribution in [3.63, 3.8) is 0 Å². The summed E-state index contributed by atoms with van der Waals surface area (Å²) in [6.45, 7) is 0.738. The average Bonchev–Trinajstić information content (AvgIpc) is 2.01. The van der Waals surface area contributed by atoms with E-state index in [1.807, 2.05) is 0 Å². The lowest BCUT2D eigenvalue weighted by Gasteiger charge is -2.25. The highest BCUT2D eigenvalue weighted by molar-refractivity contribution is 9.11. The summed E-state index contributed by atoms with van der Waals surface area (Å²) in [5, 5.41) is 0. The van der Waals surface area contributed by atoms with Gasteiger partial charge in [0, 0.05) is 16.4 Å². The Balaban J connectivity index is 2.81. The fourth-order valence-corrected chi connectivity index (χ4v) is 1.50. The van der Waals surface area contributed by atoms with E-state index in [-0.39, 0.29) is 0 Å². The first-order chi connectivity index (χ1) is 6.42. The number of alkyl halides is 3. The zero-order valence-electron chi connectivity index (χ0n) is 7.48. The van der Waals surface area contributed by atoms with Crippen LogP contribution in [-0.2, 0) is 0 Å². The standard InChI is InChI=1S/C9H9BrF3N/c1-2-8-4-3-7(10)5-14(8)6-9(11,12)13/h2-5H,6H2,1H3. The summed E-state index contributed by atoms with van der Waals surface area (Å²) >= 11 is 3.13. The van der Waals surface area contributed by atoms with Gasteiger partial charge in [0.1, 0.15) is 6.54 Å². The molecule has 0 radical (unpaired) electrons. The Morgan fingerprint density at radius 2 is 2.07 bits per heavy atom. The van der Waals surface area contributed by atoms with E-state index < -0.39 is 12.7 Å². The van der Waals surface area contributed by atoms with Crippen molar-refractivity contribution in [2.75, 3.05) is 6.54 Å². The summed E-state index contributed by atoms with van der Waals surface area (Å²) in [4.78, 5) is 1.16. The highest BCUT2D eigenvalue weighted by Crippen LogP contribution is 2.25. The summed E-state index contributed by atoms with van der Waals surface area (Å²) in [5.41, 5.74) is 0.547. The number of hydrogen-bond acceptors (Lipinski definition) is 1. The Labute approximate surface area is 88.7 Å². The maximum Gasteiger partial charge on any atom is 0.406 e. The van der Waals surface area contributed by atoms with Crippen molar-refractivity contribution < 1.29 is 13.2 Å². The normalized spacial score (nSPS) is 20.2. The highest BCUT2D eigenvalue weighted by atomic mass is 79.9. The molecule has 1 aliphatic rings. The third-order valence-corrected chi connectivity index (χ3v) is 2.14. The molecule has 0 fully saturated rings. The molecule has 0 saturated carbocycles. The minimum atomic E-state index is -4.19. The molecule has 0 atom stereocenters. The molecule has 0 amide bonds. The van der Waals surface area contributed by atoms with Gasteiger partial charge in [-0.25, -0.2) is 0 Å². The molecule has 0 spiro atoms. The summed E-state index contributed by atoms with van der Waals surface area (Å²) in [6, 6.07) is 0. The Hall–Kier alpha value is -0.710. The van der Waals surface area contributed by atoms with Gasteiger partial charge in [-0.3, -0.25) is 0 Å². The molecule has 78 valence electrons. The van der Waals surface area contributed by atoms with Gasteiger partial charge in [-0.2, -0.15) is 13.2 Å². The van der Waals surface area contributed by atoms with Crippen LogP contribution in [-0.4, -0.2) is 17.6 Å². The van der Waals surface area contributed by atoms with Gasteiger partial charge in [-0.15, -0.1) is 0 Å². The summed E-state index contributed by atoms with van der Waals surface area (Å²) in [7, 11) is 0. The van der Waals surface area contributed by atoms with E-state index in [1.165, 1.54) is 6.20 Å². The largest absolute Gasteiger partial charge is 0.406 e. The van der Waals surface area contributed by atoms with E-state index in [4.69, 9.17) is 0 Å². The van der Waals surface area contributed by atoms with E-state index in [1.54, 1.807) is 25.2 Å². The van der Waals surface area contributed by atoms with Gasteiger partial charge in [-0.1, -0.05) is 6.08 Å². The van der Waals surface area contributed by atoms with E-state index >= 15 is 0 Å². The molecule has 5 heteroatoms. The Bertz CT molecular complexity index is 302. The lowest BCUT2D eigenvalue weighted by atomic mass is 10.2. The number of allylic oxidation sites excluding steroid dienone is 4. The molecule has 0 N–H and O–H groups in total. The first-order valence-corrected chi connectivity index (χ1v) is 4.77. The SMILES string of the molecule is CC=C1C=CC(Br)=CN1CC(F)(F)F. The van der Waals surface area contributed by atoms with E-state index in [0.717, 1.165) is 4.90 Å². The fourth-order valence-electron chi connectivity index (χ4n) is 1.12. The van der Waals surface area contributed by atoms with Crippen LogP contribution >= 0.6 is 15.9 Å². The second-order valence-electron chi connectivity index (χ2n) is 2.80. The number of halogens is 4. The minimum Gasteiger partial charge on any atom is -0.338 e. The molecule has 0 bridgehead atoms. The minimum absolute atomic E-state index is 0.547. The van der Waals surface area contributed by atoms with Crippen LogP contribution in [0.4, 0.5) is 13.2 Å². The van der Waals surface area contributed by atoms with Crippen molar-refractivity contribution in [3.05, 3.63) is 34.6 Å². The van der Waals surface area contributed by atoms with Crippen LogP contribution in [0.25, 0.3) is 0 Å². The van der Waals surface area contributed by atoms with E-state index in [0.29, 0.717) is 10.2 Å². The molecule has 0 aromatic carbocycles. The maximum absolute atomic E-state index is 12.1. The van der Waals surface area contributed by atoms with Crippen LogP contribution in [0.2, 0.25) is 0 Å². The molecule has 1 heterocycles. The van der Waals surface area contributed by atoms with Gasteiger partial charge in [0.05, 0.1) is 0 Å². The average molecular weight is 268 g/mol. The molecule has 0 aromatic rings. The summed E-state index contributed by atoms with van der Waals surface area (Å²) in [6.07, 6.45) is 2.21. The number of nitrogens with zero attached hydrogens (tertiary/aromatic N) is 1. The van der Waals surface area contributed by atoms with Crippen LogP contribution in [0, 0.1) is 0 Å². The zero-order chi connectivity index (χ0) is 10.8. The summed E-state index contributed by atoms with van der Waals surface area (Å²) in [5.74, 6) is 0. The van der Waals surface area contributed by atoms with Crippen molar-refractivity contribution in [2.45, 2.75) is 13.1 Å². The third kappa shape index (κ3) is 3.21. The Kier molecular flexibility index (Phi) is 3.42. The number of rotatable bonds is 1. The van der Waals surface area contributed by atoms with Gasteiger partial charge < -0.3 is 4.90 Å². The quantitative estimate of drug-likeness (QED) is 0.702. The van der Waals surface area contributed by atoms with E-state index in [9.17, 15) is 13.2 Å². The van der Waals surface area contributed by atoms with Gasteiger partial charge in [0.15, 0.2) is 0 Å². The van der Waals surface area contributed by atoms with Gasteiger partial charge >= 0.3 is 6.18 Å². The second kappa shape index (κ2) is 4.21. The van der Waals surface area contributed by atoms with Crippen LogP contribution in [0.5, 0.6) is 0 Å². The zero-order valence-corrected chi connectivity index (χ0v) is 9.06. The van der Waals surface area contributed by atoms with Crippen LogP contribution < -0.4 is 0 Å². The molecule has 14 heavy (non-hydrogen) atoms. The predicted octanol–water partition coefficient (Wildman–Crippen LogP) is 3.56. The Morgan fingerprint density at radius 3 is 2.57 bits per heavy atom. The molecule has 0 saturated heterocycles. The first kappa shape index (κ1) is 11.4. The molecule has 1 rings (SSSR count). The van der Waals surface area contributed by atoms with Gasteiger partial charge in [0.25, 0.3) is 0 Å². The molecule has 0 unspecified atom stereocenters. The van der Waals surface area contributed by atoms with Crippen molar-refractivity contribution in [3.8, 4) is 0 Å². The van der Waals surface area contributed by atoms with Crippen molar-refractivity contribution in [1.29, 1.82) is 0 Å². The van der Waals surface area contributed by atoms with Crippen LogP contribution in [0.3, 0.4) is 0 Å². The van der Waals surface area contributed by atoms with Crippen LogP contribution in [0.15, 0.2) is 34.6 Å². The lowest BCUT2D eigenvalue weighted by Crippen LogP contribution is -2.30. The Morgan fingerprint density at radius 1 is 1.43 bits per heavy atom. The topological polar surface area (TPSA) is 3.24 Å². The van der Waals surface area contributed by atoms with Crippen molar-refractivity contribution in [2.24, 2.45) is 0 Å². The third-order valence-electron chi connectivity index (χ3n) is 1.67. The molecule has 0 aliphatic carbocycles. The summed E-state index contributed by atoms with van der Waals surface area (Å²) < 4.78 is 37.0. The van der Waals surface area contributed by atoms with Crippen molar-refractivity contribution >= 4 is 15.9 Å². The monoisotopic (exact) mass is 267 g/mol. The molecule has 0 aromatic heterocycles. The van der Waals surface area contributed by atoms with Gasteiger partial charge in [0.2, 0.25) is 0 Å². The fraction of sp³-hybridized carbons (Fsp3) is 0.333. The molecule has 1 nitrogen and oxygen atoms in total. The molecular weight excluding hydrogens is 259 g/mol. The van der Waals surface area contributed by atoms with Crippen molar-refractivity contribution in [1.82, 2.24) is 4.90 Å². The predicted molar refractivity (Wildman–Crippen MR) is 52.7 cm³/mol. The smallest absolute Gasteiger partial charge is 0.338 e. The lowest BCUT2D eigenvalue weighted by molar-refractivity contribution is -0.136. The maximum atomic E-state index is 12.1. The first-order valence-electron chi connectivity index (χ1n) is 3.97. The van der Waals surface area contributed by atoms with E-state index in [2.05, 4.69) is 15.9 Å². The van der Waals surface area contributed by atoms with Gasteiger partial charge in [-0.05, 0) is 35.0 Å². The highest BCUT2D eigenvalue weighted by Gasteiger charge is 2.31. The molecular formula is C9H9BrF3N. The second-order valence-corrected chi connectivity index (χ2v) is 3.72. The molecule has 1 aliphatic heterocycles. The number of hydrogen-bond donors (Lipinski definition) is 0. The van der Waals surface area contributed by atoms with Crippen LogP contribution in [0.1, 0.15) is 6.92 Å².